The highest BCUT2D eigenvalue weighted by molar-refractivity contribution is 7.77. The lowest BCUT2D eigenvalue weighted by atomic mass is 11.1. The third-order valence-corrected chi connectivity index (χ3v) is 3.70. The van der Waals surface area contributed by atoms with Gasteiger partial charge >= 0.3 is 15.2 Å². The summed E-state index contributed by atoms with van der Waals surface area (Å²) in [4.78, 5) is 32.8. The monoisotopic (exact) mass is 204 g/mol. The Hall–Kier alpha value is -0.160. The predicted octanol–water partition coefficient (Wildman–Crippen LogP) is -0.301. The van der Waals surface area contributed by atoms with Crippen LogP contribution in [-0.4, -0.2) is 24.7 Å². The lowest BCUT2D eigenvalue weighted by Gasteiger charge is -2.08. The summed E-state index contributed by atoms with van der Waals surface area (Å²) in [5.41, 5.74) is 0. The first-order valence-corrected chi connectivity index (χ1v) is 5.38. The van der Waals surface area contributed by atoms with Crippen LogP contribution in [0.2, 0.25) is 0 Å². The molecule has 0 heterocycles. The van der Waals surface area contributed by atoms with Crippen LogP contribution in [0.4, 0.5) is 0 Å². The van der Waals surface area contributed by atoms with E-state index in [4.69, 9.17) is 24.7 Å². The summed E-state index contributed by atoms with van der Waals surface area (Å²) >= 11 is 0. The molecule has 0 aliphatic carbocycles. The second-order valence-corrected chi connectivity index (χ2v) is 5.07. The largest absolute Gasteiger partial charge is 0.514 e. The van der Waals surface area contributed by atoms with Crippen LogP contribution in [-0.2, 0) is 9.13 Å². The highest BCUT2D eigenvalue weighted by Gasteiger charge is 2.36. The second kappa shape index (κ2) is 3.06. The van der Waals surface area contributed by atoms with Gasteiger partial charge in [0.05, 0.1) is 0 Å². The van der Waals surface area contributed by atoms with Crippen molar-refractivity contribution in [3.05, 3.63) is 11.3 Å². The summed E-state index contributed by atoms with van der Waals surface area (Å²) in [7, 11) is -10.1. The van der Waals surface area contributed by atoms with E-state index in [1.807, 2.05) is 0 Å². The Morgan fingerprint density at radius 3 is 1.27 bits per heavy atom. The molecule has 0 aliphatic rings. The van der Waals surface area contributed by atoms with Gasteiger partial charge in [0, 0.05) is 0 Å². The number of aliphatic hydroxyl groups is 1. The van der Waals surface area contributed by atoms with E-state index in [1.165, 1.54) is 0 Å². The third-order valence-electron chi connectivity index (χ3n) is 0.712. The Labute approximate surface area is 61.3 Å². The number of aliphatic hydroxyl groups excluding tert-OH is 1. The van der Waals surface area contributed by atoms with Crippen molar-refractivity contribution in [3.63, 3.8) is 0 Å². The molecule has 0 aromatic rings. The zero-order valence-electron chi connectivity index (χ0n) is 5.02. The molecule has 0 aromatic carbocycles. The highest BCUT2D eigenvalue weighted by Crippen LogP contribution is 2.63. The molecule has 9 heteroatoms. The molecule has 0 rings (SSSR count). The van der Waals surface area contributed by atoms with Crippen LogP contribution >= 0.6 is 15.2 Å². The predicted molar refractivity (Wildman–Crippen MR) is 34.8 cm³/mol. The number of rotatable bonds is 2. The van der Waals surface area contributed by atoms with Gasteiger partial charge in [0.25, 0.3) is 0 Å². The SMILES string of the molecule is O=P(O)(O)C(=CO)P(=O)(O)O. The van der Waals surface area contributed by atoms with Crippen molar-refractivity contribution < 1.29 is 33.8 Å². The lowest BCUT2D eigenvalue weighted by Crippen LogP contribution is -1.87. The zero-order valence-corrected chi connectivity index (χ0v) is 6.81. The molecular formula is C2H6O7P2. The third kappa shape index (κ3) is 3.16. The second-order valence-electron chi connectivity index (χ2n) is 1.58. The molecule has 5 N–H and O–H groups in total. The minimum absolute atomic E-state index is 0.276. The zero-order chi connectivity index (χ0) is 9.28. The standard InChI is InChI=1S/C2H6O7P2/c3-1-2(10(4,5)6)11(7,8)9/h1,3H,(H2,4,5,6)(H2,7,8,9). The van der Waals surface area contributed by atoms with Crippen LogP contribution in [0.5, 0.6) is 0 Å². The van der Waals surface area contributed by atoms with Crippen molar-refractivity contribution in [3.8, 4) is 0 Å². The van der Waals surface area contributed by atoms with E-state index in [1.54, 1.807) is 0 Å². The van der Waals surface area contributed by atoms with Crippen LogP contribution in [0.1, 0.15) is 0 Å². The quantitative estimate of drug-likeness (QED) is 0.307. The van der Waals surface area contributed by atoms with E-state index in [0.717, 1.165) is 0 Å². The highest BCUT2D eigenvalue weighted by atomic mass is 31.2. The molecule has 0 spiro atoms. The average molecular weight is 204 g/mol. The molecule has 0 saturated heterocycles. The van der Waals surface area contributed by atoms with Gasteiger partial charge in [-0.2, -0.15) is 0 Å². The Balaban J connectivity index is 5.07. The minimum atomic E-state index is -5.05. The van der Waals surface area contributed by atoms with Gasteiger partial charge in [-0.3, -0.25) is 9.13 Å². The summed E-state index contributed by atoms with van der Waals surface area (Å²) in [6, 6.07) is 0. The molecule has 7 nitrogen and oxygen atoms in total. The van der Waals surface area contributed by atoms with Crippen LogP contribution in [0, 0.1) is 0 Å². The van der Waals surface area contributed by atoms with Crippen LogP contribution in [0.25, 0.3) is 0 Å². The van der Waals surface area contributed by atoms with E-state index >= 15 is 0 Å². The minimum Gasteiger partial charge on any atom is -0.514 e. The van der Waals surface area contributed by atoms with Crippen molar-refractivity contribution in [2.24, 2.45) is 0 Å². The summed E-state index contributed by atoms with van der Waals surface area (Å²) in [5.74, 6) is 0. The summed E-state index contributed by atoms with van der Waals surface area (Å²) < 4.78 is 20.4. The van der Waals surface area contributed by atoms with Crippen molar-refractivity contribution in [1.29, 1.82) is 0 Å². The number of hydrogen-bond acceptors (Lipinski definition) is 3. The topological polar surface area (TPSA) is 135 Å². The first-order chi connectivity index (χ1) is 4.69. The van der Waals surface area contributed by atoms with Gasteiger partial charge in [0.2, 0.25) is 0 Å². The lowest BCUT2D eigenvalue weighted by molar-refractivity contribution is 0.362. The molecule has 0 fully saturated rings. The van der Waals surface area contributed by atoms with Gasteiger partial charge in [0.15, 0.2) is 5.06 Å². The Morgan fingerprint density at radius 1 is 1.00 bits per heavy atom. The molecule has 0 saturated carbocycles. The van der Waals surface area contributed by atoms with Crippen LogP contribution in [0.15, 0.2) is 11.3 Å². The van der Waals surface area contributed by atoms with Crippen LogP contribution in [0.3, 0.4) is 0 Å². The van der Waals surface area contributed by atoms with Gasteiger partial charge in [-0.1, -0.05) is 0 Å². The maximum absolute atomic E-state index is 10.2. The van der Waals surface area contributed by atoms with E-state index < -0.39 is 20.2 Å². The van der Waals surface area contributed by atoms with Gasteiger partial charge < -0.3 is 24.7 Å². The van der Waals surface area contributed by atoms with Gasteiger partial charge in [0.1, 0.15) is 6.26 Å². The van der Waals surface area contributed by atoms with E-state index in [2.05, 4.69) is 0 Å². The van der Waals surface area contributed by atoms with Crippen molar-refractivity contribution in [2.75, 3.05) is 0 Å². The normalized spacial score (nSPS) is 12.7. The summed E-state index contributed by atoms with van der Waals surface area (Å²) in [6.45, 7) is 0. The number of hydrogen-bond donors (Lipinski definition) is 5. The van der Waals surface area contributed by atoms with Gasteiger partial charge in [-0.05, 0) is 0 Å². The van der Waals surface area contributed by atoms with Gasteiger partial charge in [-0.25, -0.2) is 0 Å². The molecule has 0 radical (unpaired) electrons. The van der Waals surface area contributed by atoms with Crippen LogP contribution < -0.4 is 0 Å². The van der Waals surface area contributed by atoms with E-state index in [-0.39, 0.29) is 6.26 Å². The fraction of sp³-hybridized carbons (Fsp3) is 0. The Morgan fingerprint density at radius 2 is 1.27 bits per heavy atom. The van der Waals surface area contributed by atoms with Crippen molar-refractivity contribution >= 4 is 15.2 Å². The fourth-order valence-electron chi connectivity index (χ4n) is 0.320. The Kier molecular flexibility index (Phi) is 3.02. The maximum Gasteiger partial charge on any atom is 0.367 e. The molecule has 0 bridgehead atoms. The molecule has 0 aliphatic heterocycles. The summed E-state index contributed by atoms with van der Waals surface area (Å²) in [5, 5.41) is 6.47. The molecule has 0 amide bonds. The van der Waals surface area contributed by atoms with Gasteiger partial charge in [-0.15, -0.1) is 0 Å². The maximum atomic E-state index is 10.2. The molecule has 0 unspecified atom stereocenters. The van der Waals surface area contributed by atoms with Crippen molar-refractivity contribution in [1.82, 2.24) is 0 Å². The summed E-state index contributed by atoms with van der Waals surface area (Å²) in [6.07, 6.45) is -0.276. The fourth-order valence-corrected chi connectivity index (χ4v) is 1.98. The molecule has 11 heavy (non-hydrogen) atoms. The molecule has 0 atom stereocenters. The van der Waals surface area contributed by atoms with E-state index in [9.17, 15) is 9.13 Å². The molecule has 0 aromatic heterocycles. The molecule has 66 valence electrons. The average Bonchev–Trinajstić information content (AvgIpc) is 1.56. The molecular weight excluding hydrogens is 198 g/mol. The van der Waals surface area contributed by atoms with E-state index in [0.29, 0.717) is 0 Å². The van der Waals surface area contributed by atoms with Crippen molar-refractivity contribution in [2.45, 2.75) is 0 Å². The Bertz CT molecular complexity index is 230. The smallest absolute Gasteiger partial charge is 0.367 e. The first-order valence-electron chi connectivity index (χ1n) is 2.16. The first kappa shape index (κ1) is 10.8.